The first-order chi connectivity index (χ1) is 12.7. The number of rotatable bonds is 4. The maximum atomic E-state index is 4.89. The highest BCUT2D eigenvalue weighted by Crippen LogP contribution is 2.42. The van der Waals surface area contributed by atoms with Gasteiger partial charge in [-0.2, -0.15) is 0 Å². The molecule has 1 atom stereocenters. The summed E-state index contributed by atoms with van der Waals surface area (Å²) in [4.78, 5) is 4.89. The van der Waals surface area contributed by atoms with Crippen molar-refractivity contribution in [3.05, 3.63) is 88.2 Å². The fourth-order valence-corrected chi connectivity index (χ4v) is 4.28. The molecule has 0 saturated heterocycles. The van der Waals surface area contributed by atoms with Gasteiger partial charge in [0.2, 0.25) is 0 Å². The Labute approximate surface area is 157 Å². The molecular formula is C25H27N. The number of aromatic nitrogens is 1. The van der Waals surface area contributed by atoms with Gasteiger partial charge in [-0.15, -0.1) is 0 Å². The lowest BCUT2D eigenvalue weighted by Gasteiger charge is -2.19. The van der Waals surface area contributed by atoms with Gasteiger partial charge in [-0.3, -0.25) is 4.98 Å². The molecule has 1 aromatic heterocycles. The largest absolute Gasteiger partial charge is 0.260 e. The van der Waals surface area contributed by atoms with Gasteiger partial charge >= 0.3 is 0 Å². The third kappa shape index (κ3) is 3.07. The van der Waals surface area contributed by atoms with Gasteiger partial charge < -0.3 is 0 Å². The first-order valence-corrected chi connectivity index (χ1v) is 9.81. The number of aryl methyl sites for hydroxylation is 3. The predicted octanol–water partition coefficient (Wildman–Crippen LogP) is 6.40. The molecule has 0 fully saturated rings. The predicted molar refractivity (Wildman–Crippen MR) is 110 cm³/mol. The summed E-state index contributed by atoms with van der Waals surface area (Å²) < 4.78 is 0. The number of pyridine rings is 1. The minimum Gasteiger partial charge on any atom is -0.260 e. The van der Waals surface area contributed by atoms with Crippen LogP contribution in [0.3, 0.4) is 0 Å². The summed E-state index contributed by atoms with van der Waals surface area (Å²) in [5.41, 5.74) is 11.0. The van der Waals surface area contributed by atoms with Crippen LogP contribution >= 0.6 is 0 Å². The van der Waals surface area contributed by atoms with Gasteiger partial charge in [0.1, 0.15) is 0 Å². The first-order valence-electron chi connectivity index (χ1n) is 9.81. The van der Waals surface area contributed by atoms with Crippen LogP contribution in [0, 0.1) is 13.8 Å². The molecule has 1 aliphatic rings. The van der Waals surface area contributed by atoms with Gasteiger partial charge in [0.05, 0.1) is 0 Å². The molecular weight excluding hydrogens is 314 g/mol. The summed E-state index contributed by atoms with van der Waals surface area (Å²) in [5, 5.41) is 0. The molecule has 1 aliphatic carbocycles. The zero-order valence-corrected chi connectivity index (χ0v) is 16.0. The zero-order valence-electron chi connectivity index (χ0n) is 16.0. The second-order valence-electron chi connectivity index (χ2n) is 7.63. The van der Waals surface area contributed by atoms with Gasteiger partial charge in [0.25, 0.3) is 0 Å². The van der Waals surface area contributed by atoms with Crippen molar-refractivity contribution in [2.45, 2.75) is 52.4 Å². The number of benzene rings is 2. The number of hydrogen-bond acceptors (Lipinski definition) is 1. The monoisotopic (exact) mass is 341 g/mol. The Hall–Kier alpha value is -2.41. The maximum absolute atomic E-state index is 4.89. The zero-order chi connectivity index (χ0) is 18.1. The number of nitrogens with zero attached hydrogens (tertiary/aromatic N) is 1. The smallest absolute Gasteiger partial charge is 0.0445 e. The second kappa shape index (κ2) is 7.07. The minimum absolute atomic E-state index is 0.491. The van der Waals surface area contributed by atoms with Crippen LogP contribution in [0.15, 0.2) is 54.7 Å². The van der Waals surface area contributed by atoms with E-state index in [4.69, 9.17) is 4.98 Å². The molecule has 0 N–H and O–H groups in total. The Bertz CT molecular complexity index is 904. The fourth-order valence-electron chi connectivity index (χ4n) is 4.28. The van der Waals surface area contributed by atoms with Crippen LogP contribution in [0.1, 0.15) is 59.2 Å². The first kappa shape index (κ1) is 17.0. The van der Waals surface area contributed by atoms with E-state index in [0.29, 0.717) is 5.92 Å². The molecule has 132 valence electrons. The van der Waals surface area contributed by atoms with Crippen LogP contribution in [0.4, 0.5) is 0 Å². The van der Waals surface area contributed by atoms with E-state index in [1.54, 1.807) is 0 Å². The lowest BCUT2D eigenvalue weighted by Crippen LogP contribution is -2.05. The lowest BCUT2D eigenvalue weighted by molar-refractivity contribution is 0.775. The average Bonchev–Trinajstić information content (AvgIpc) is 3.08. The van der Waals surface area contributed by atoms with Crippen molar-refractivity contribution in [2.24, 2.45) is 0 Å². The molecule has 0 bridgehead atoms. The molecule has 1 unspecified atom stereocenters. The van der Waals surface area contributed by atoms with Gasteiger partial charge in [0, 0.05) is 23.4 Å². The van der Waals surface area contributed by atoms with Gasteiger partial charge in [0.15, 0.2) is 0 Å². The Balaban J connectivity index is 1.85. The van der Waals surface area contributed by atoms with E-state index in [2.05, 4.69) is 75.5 Å². The Morgan fingerprint density at radius 1 is 0.923 bits per heavy atom. The van der Waals surface area contributed by atoms with Crippen molar-refractivity contribution >= 4 is 0 Å². The minimum atomic E-state index is 0.491. The van der Waals surface area contributed by atoms with Crippen molar-refractivity contribution < 1.29 is 0 Å². The van der Waals surface area contributed by atoms with Crippen LogP contribution in [0.5, 0.6) is 0 Å². The maximum Gasteiger partial charge on any atom is 0.0445 e. The van der Waals surface area contributed by atoms with E-state index in [0.717, 1.165) is 19.3 Å². The van der Waals surface area contributed by atoms with E-state index >= 15 is 0 Å². The van der Waals surface area contributed by atoms with Crippen molar-refractivity contribution in [3.8, 4) is 11.1 Å². The molecule has 1 nitrogen and oxygen atoms in total. The summed E-state index contributed by atoms with van der Waals surface area (Å²) in [6.07, 6.45) is 6.68. The number of hydrogen-bond donors (Lipinski definition) is 0. The summed E-state index contributed by atoms with van der Waals surface area (Å²) in [6.45, 7) is 6.58. The third-order valence-corrected chi connectivity index (χ3v) is 5.67. The van der Waals surface area contributed by atoms with E-state index in [9.17, 15) is 0 Å². The lowest BCUT2D eigenvalue weighted by atomic mass is 9.86. The highest BCUT2D eigenvalue weighted by atomic mass is 14.7. The molecule has 2 aromatic carbocycles. The van der Waals surface area contributed by atoms with Gasteiger partial charge in [-0.05, 0) is 55.4 Å². The van der Waals surface area contributed by atoms with Crippen LogP contribution in [0.25, 0.3) is 11.1 Å². The highest BCUT2D eigenvalue weighted by molar-refractivity contribution is 5.70. The molecule has 0 spiro atoms. The molecule has 4 rings (SSSR count). The third-order valence-electron chi connectivity index (χ3n) is 5.67. The molecule has 1 heterocycles. The summed E-state index contributed by atoms with van der Waals surface area (Å²) in [5.74, 6) is 0.491. The Morgan fingerprint density at radius 3 is 2.23 bits per heavy atom. The highest BCUT2D eigenvalue weighted by Gasteiger charge is 2.29. The SMILES string of the molecule is CCCc1c(-c2ccc(C)cc2)cnc2c1C(c1ccc(C)cc1)CC2. The molecule has 0 amide bonds. The second-order valence-corrected chi connectivity index (χ2v) is 7.63. The molecule has 26 heavy (non-hydrogen) atoms. The van der Waals surface area contributed by atoms with E-state index < -0.39 is 0 Å². The van der Waals surface area contributed by atoms with Crippen LogP contribution in [-0.2, 0) is 12.8 Å². The van der Waals surface area contributed by atoms with Crippen LogP contribution in [-0.4, -0.2) is 4.98 Å². The van der Waals surface area contributed by atoms with Crippen LogP contribution < -0.4 is 0 Å². The molecule has 0 aliphatic heterocycles. The topological polar surface area (TPSA) is 12.9 Å². The quantitative estimate of drug-likeness (QED) is 0.535. The molecule has 0 radical (unpaired) electrons. The Morgan fingerprint density at radius 2 is 1.58 bits per heavy atom. The molecule has 3 aromatic rings. The summed E-state index contributed by atoms with van der Waals surface area (Å²) in [7, 11) is 0. The van der Waals surface area contributed by atoms with Crippen molar-refractivity contribution in [2.75, 3.05) is 0 Å². The van der Waals surface area contributed by atoms with E-state index in [1.165, 1.54) is 51.1 Å². The summed E-state index contributed by atoms with van der Waals surface area (Å²) in [6, 6.07) is 18.0. The van der Waals surface area contributed by atoms with E-state index in [-0.39, 0.29) is 0 Å². The summed E-state index contributed by atoms with van der Waals surface area (Å²) >= 11 is 0. The van der Waals surface area contributed by atoms with E-state index in [1.807, 2.05) is 0 Å². The van der Waals surface area contributed by atoms with Crippen molar-refractivity contribution in [1.29, 1.82) is 0 Å². The fraction of sp³-hybridized carbons (Fsp3) is 0.320. The number of fused-ring (bicyclic) bond motifs is 1. The Kier molecular flexibility index (Phi) is 4.63. The average molecular weight is 341 g/mol. The normalized spacial score (nSPS) is 15.9. The van der Waals surface area contributed by atoms with Gasteiger partial charge in [-0.25, -0.2) is 0 Å². The van der Waals surface area contributed by atoms with Crippen molar-refractivity contribution in [3.63, 3.8) is 0 Å². The van der Waals surface area contributed by atoms with Crippen LogP contribution in [0.2, 0.25) is 0 Å². The molecule has 1 heteroatoms. The molecule has 0 saturated carbocycles. The van der Waals surface area contributed by atoms with Crippen molar-refractivity contribution in [1.82, 2.24) is 4.98 Å². The standard InChI is InChI=1S/C25H27N/c1-4-5-22-23(20-12-8-18(3)9-13-20)16-26-24-15-14-21(25(22)24)19-10-6-17(2)7-11-19/h6-13,16,21H,4-5,14-15H2,1-3H3. The van der Waals surface area contributed by atoms with Gasteiger partial charge in [-0.1, -0.05) is 73.0 Å².